The van der Waals surface area contributed by atoms with E-state index in [9.17, 15) is 4.79 Å². The van der Waals surface area contributed by atoms with Gasteiger partial charge in [-0.1, -0.05) is 48.5 Å². The Bertz CT molecular complexity index is 993. The zero-order valence-electron chi connectivity index (χ0n) is 13.6. The van der Waals surface area contributed by atoms with Crippen molar-refractivity contribution >= 4 is 17.2 Å². The molecule has 1 amide bonds. The number of carbonyl (C=O) groups is 1. The average Bonchev–Trinajstić information content (AvgIpc) is 3.15. The fourth-order valence-electron chi connectivity index (χ4n) is 2.86. The summed E-state index contributed by atoms with van der Waals surface area (Å²) >= 11 is 0. The van der Waals surface area contributed by atoms with Crippen molar-refractivity contribution in [1.82, 2.24) is 9.38 Å². The molecule has 0 aliphatic carbocycles. The van der Waals surface area contributed by atoms with E-state index >= 15 is 0 Å². The van der Waals surface area contributed by atoms with Crippen LogP contribution < -0.4 is 4.90 Å². The number of hydrogen-bond acceptors (Lipinski definition) is 2. The lowest BCUT2D eigenvalue weighted by molar-refractivity contribution is 0.0984. The van der Waals surface area contributed by atoms with Gasteiger partial charge >= 0.3 is 0 Å². The summed E-state index contributed by atoms with van der Waals surface area (Å²) in [5, 5.41) is 0. The van der Waals surface area contributed by atoms with E-state index in [2.05, 4.69) is 4.98 Å². The maximum atomic E-state index is 13.2. The molecule has 2 aromatic carbocycles. The highest BCUT2D eigenvalue weighted by Crippen LogP contribution is 2.20. The quantitative estimate of drug-likeness (QED) is 0.564. The van der Waals surface area contributed by atoms with Crippen LogP contribution in [0.1, 0.15) is 15.9 Å². The lowest BCUT2D eigenvalue weighted by atomic mass is 10.1. The van der Waals surface area contributed by atoms with E-state index in [1.807, 2.05) is 89.6 Å². The van der Waals surface area contributed by atoms with E-state index in [1.54, 1.807) is 11.1 Å². The zero-order chi connectivity index (χ0) is 17.1. The molecular formula is C21H17N3O. The Balaban J connectivity index is 1.72. The second-order valence-corrected chi connectivity index (χ2v) is 5.82. The molecule has 4 aromatic rings. The van der Waals surface area contributed by atoms with Crippen molar-refractivity contribution in [2.24, 2.45) is 0 Å². The van der Waals surface area contributed by atoms with Crippen LogP contribution in [-0.4, -0.2) is 15.3 Å². The third kappa shape index (κ3) is 3.15. The summed E-state index contributed by atoms with van der Waals surface area (Å²) in [5.41, 5.74) is 3.42. The first-order valence-corrected chi connectivity index (χ1v) is 8.15. The molecule has 0 aliphatic rings. The minimum Gasteiger partial charge on any atom is -0.306 e. The fourth-order valence-corrected chi connectivity index (χ4v) is 2.86. The summed E-state index contributed by atoms with van der Waals surface area (Å²) in [7, 11) is 0. The van der Waals surface area contributed by atoms with Crippen molar-refractivity contribution in [2.45, 2.75) is 6.54 Å². The summed E-state index contributed by atoms with van der Waals surface area (Å²) in [4.78, 5) is 19.2. The maximum Gasteiger partial charge on any atom is 0.260 e. The minimum atomic E-state index is -0.0364. The van der Waals surface area contributed by atoms with Gasteiger partial charge in [0.25, 0.3) is 5.91 Å². The first-order chi connectivity index (χ1) is 12.3. The number of amides is 1. The summed E-state index contributed by atoms with van der Waals surface area (Å²) in [6, 6.07) is 23.4. The third-order valence-corrected chi connectivity index (χ3v) is 4.13. The van der Waals surface area contributed by atoms with Gasteiger partial charge in [0, 0.05) is 24.3 Å². The molecule has 0 saturated carbocycles. The summed E-state index contributed by atoms with van der Waals surface area (Å²) in [6.45, 7) is 0.519. The molecule has 0 radical (unpaired) electrons. The maximum absolute atomic E-state index is 13.2. The molecule has 0 N–H and O–H groups in total. The summed E-state index contributed by atoms with van der Waals surface area (Å²) in [6.07, 6.45) is 5.39. The van der Waals surface area contributed by atoms with Crippen molar-refractivity contribution < 1.29 is 4.79 Å². The van der Waals surface area contributed by atoms with Crippen molar-refractivity contribution in [3.63, 3.8) is 0 Å². The van der Waals surface area contributed by atoms with E-state index in [0.717, 1.165) is 16.9 Å². The van der Waals surface area contributed by atoms with Gasteiger partial charge in [-0.15, -0.1) is 0 Å². The molecule has 4 heteroatoms. The van der Waals surface area contributed by atoms with Gasteiger partial charge in [0.2, 0.25) is 0 Å². The molecule has 0 saturated heterocycles. The fraction of sp³-hybridized carbons (Fsp3) is 0.0476. The van der Waals surface area contributed by atoms with Crippen molar-refractivity contribution in [3.05, 3.63) is 103 Å². The lowest BCUT2D eigenvalue weighted by Crippen LogP contribution is -2.30. The predicted molar refractivity (Wildman–Crippen MR) is 98.6 cm³/mol. The van der Waals surface area contributed by atoms with Crippen LogP contribution in [0.15, 0.2) is 91.4 Å². The number of pyridine rings is 1. The van der Waals surface area contributed by atoms with Crippen LogP contribution in [0.3, 0.4) is 0 Å². The number of rotatable bonds is 4. The monoisotopic (exact) mass is 327 g/mol. The number of benzene rings is 2. The SMILES string of the molecule is O=C(c1ccc2nccn2c1)N(Cc1ccccc1)c1ccccc1. The largest absolute Gasteiger partial charge is 0.306 e. The molecule has 0 spiro atoms. The standard InChI is InChI=1S/C21H17N3O/c25-21(18-11-12-20-22-13-14-23(20)16-18)24(19-9-5-2-6-10-19)15-17-7-3-1-4-8-17/h1-14,16H,15H2. The number of imidazole rings is 1. The van der Waals surface area contributed by atoms with Crippen LogP contribution in [-0.2, 0) is 6.54 Å². The molecule has 0 aliphatic heterocycles. The van der Waals surface area contributed by atoms with Gasteiger partial charge in [0.05, 0.1) is 12.1 Å². The number of aromatic nitrogens is 2. The second-order valence-electron chi connectivity index (χ2n) is 5.82. The molecule has 4 nitrogen and oxygen atoms in total. The smallest absolute Gasteiger partial charge is 0.260 e. The van der Waals surface area contributed by atoms with Gasteiger partial charge in [-0.2, -0.15) is 0 Å². The van der Waals surface area contributed by atoms with Crippen molar-refractivity contribution in [3.8, 4) is 0 Å². The van der Waals surface area contributed by atoms with Gasteiger partial charge < -0.3 is 9.30 Å². The first kappa shape index (κ1) is 15.1. The van der Waals surface area contributed by atoms with Gasteiger partial charge in [0.1, 0.15) is 5.65 Å². The van der Waals surface area contributed by atoms with Crippen LogP contribution in [0.5, 0.6) is 0 Å². The van der Waals surface area contributed by atoms with Crippen LogP contribution in [0.4, 0.5) is 5.69 Å². The second kappa shape index (κ2) is 6.61. The van der Waals surface area contributed by atoms with E-state index in [-0.39, 0.29) is 5.91 Å². The molecule has 0 atom stereocenters. The highest BCUT2D eigenvalue weighted by molar-refractivity contribution is 6.06. The topological polar surface area (TPSA) is 37.6 Å². The Hall–Kier alpha value is -3.40. The molecule has 122 valence electrons. The van der Waals surface area contributed by atoms with Crippen molar-refractivity contribution in [1.29, 1.82) is 0 Å². The Labute approximate surface area is 146 Å². The van der Waals surface area contributed by atoms with Gasteiger partial charge in [-0.3, -0.25) is 4.79 Å². The van der Waals surface area contributed by atoms with E-state index in [4.69, 9.17) is 0 Å². The van der Waals surface area contributed by atoms with Crippen LogP contribution in [0.25, 0.3) is 5.65 Å². The molecule has 25 heavy (non-hydrogen) atoms. The number of nitrogens with zero attached hydrogens (tertiary/aromatic N) is 3. The molecule has 0 bridgehead atoms. The molecule has 2 aromatic heterocycles. The molecule has 2 heterocycles. The van der Waals surface area contributed by atoms with Crippen LogP contribution in [0.2, 0.25) is 0 Å². The number of anilines is 1. The summed E-state index contributed by atoms with van der Waals surface area (Å²) < 4.78 is 1.86. The Morgan fingerprint density at radius 1 is 0.920 bits per heavy atom. The zero-order valence-corrected chi connectivity index (χ0v) is 13.6. The molecular weight excluding hydrogens is 310 g/mol. The minimum absolute atomic E-state index is 0.0364. The predicted octanol–water partition coefficient (Wildman–Crippen LogP) is 4.18. The normalized spacial score (nSPS) is 10.7. The van der Waals surface area contributed by atoms with Crippen LogP contribution >= 0.6 is 0 Å². The number of fused-ring (bicyclic) bond motifs is 1. The average molecular weight is 327 g/mol. The number of carbonyl (C=O) groups excluding carboxylic acids is 1. The lowest BCUT2D eigenvalue weighted by Gasteiger charge is -2.23. The highest BCUT2D eigenvalue weighted by atomic mass is 16.2. The van der Waals surface area contributed by atoms with Crippen LogP contribution in [0, 0.1) is 0 Å². The number of para-hydroxylation sites is 1. The Morgan fingerprint density at radius 3 is 2.40 bits per heavy atom. The third-order valence-electron chi connectivity index (χ3n) is 4.13. The summed E-state index contributed by atoms with van der Waals surface area (Å²) in [5.74, 6) is -0.0364. The Morgan fingerprint density at radius 2 is 1.64 bits per heavy atom. The number of hydrogen-bond donors (Lipinski definition) is 0. The van der Waals surface area contributed by atoms with Gasteiger partial charge in [-0.25, -0.2) is 4.98 Å². The van der Waals surface area contributed by atoms with Crippen molar-refractivity contribution in [2.75, 3.05) is 4.90 Å². The van der Waals surface area contributed by atoms with E-state index in [1.165, 1.54) is 0 Å². The molecule has 0 fully saturated rings. The Kier molecular flexibility index (Phi) is 4.01. The first-order valence-electron chi connectivity index (χ1n) is 8.15. The molecule has 0 unspecified atom stereocenters. The van der Waals surface area contributed by atoms with Gasteiger partial charge in [-0.05, 0) is 29.8 Å². The highest BCUT2D eigenvalue weighted by Gasteiger charge is 2.18. The molecule has 4 rings (SSSR count). The van der Waals surface area contributed by atoms with E-state index < -0.39 is 0 Å². The van der Waals surface area contributed by atoms with Gasteiger partial charge in [0.15, 0.2) is 0 Å². The van der Waals surface area contributed by atoms with E-state index in [0.29, 0.717) is 12.1 Å².